The van der Waals surface area contributed by atoms with Crippen molar-refractivity contribution < 1.29 is 32.3 Å². The normalized spacial score (nSPS) is 23.0. The monoisotopic (exact) mass is 761 g/mol. The Balaban J connectivity index is 1.37. The molecular weight excluding hydrogens is 711 g/mol. The molecule has 4 amide bonds. The van der Waals surface area contributed by atoms with Crippen LogP contribution in [-0.2, 0) is 19.6 Å². The fraction of sp³-hybridized carbons (Fsp3) is 0.513. The molecule has 3 aromatic rings. The Kier molecular flexibility index (Phi) is 10.3. The van der Waals surface area contributed by atoms with Crippen LogP contribution in [0.25, 0.3) is 10.8 Å². The van der Waals surface area contributed by atoms with Crippen molar-refractivity contribution in [3.63, 3.8) is 0 Å². The Morgan fingerprint density at radius 1 is 1.09 bits per heavy atom. The number of aryl methyl sites for hydroxylation is 1. The zero-order chi connectivity index (χ0) is 39.3. The molecule has 6 rings (SSSR count). The zero-order valence-corrected chi connectivity index (χ0v) is 33.1. The average Bonchev–Trinajstić information content (AvgIpc) is 4.03. The van der Waals surface area contributed by atoms with Gasteiger partial charge in [0.25, 0.3) is 11.8 Å². The van der Waals surface area contributed by atoms with Crippen LogP contribution in [0.15, 0.2) is 55.1 Å². The maximum absolute atomic E-state index is 15.1. The number of fused-ring (bicyclic) bond motifs is 1. The van der Waals surface area contributed by atoms with Gasteiger partial charge in [-0.2, -0.15) is 4.98 Å². The number of methoxy groups -OCH3 is 1. The number of hydrogen-bond donors (Lipinski definition) is 2. The van der Waals surface area contributed by atoms with Gasteiger partial charge in [-0.1, -0.05) is 39.0 Å². The highest BCUT2D eigenvalue weighted by atomic mass is 32.2. The third-order valence-corrected chi connectivity index (χ3v) is 12.3. The largest absolute Gasteiger partial charge is 0.496 e. The summed E-state index contributed by atoms with van der Waals surface area (Å²) in [5.74, 6) is -0.194. The molecule has 2 N–H and O–H groups in total. The summed E-state index contributed by atoms with van der Waals surface area (Å²) >= 11 is 0. The lowest BCUT2D eigenvalue weighted by molar-refractivity contribution is -0.141. The molecule has 3 fully saturated rings. The summed E-state index contributed by atoms with van der Waals surface area (Å²) in [5, 5.41) is 4.08. The third kappa shape index (κ3) is 7.42. The van der Waals surface area contributed by atoms with E-state index >= 15 is 9.59 Å². The lowest BCUT2D eigenvalue weighted by atomic mass is 9.85. The van der Waals surface area contributed by atoms with Gasteiger partial charge in [0, 0.05) is 48.9 Å². The number of sulfonamides is 1. The fourth-order valence-corrected chi connectivity index (χ4v) is 8.54. The summed E-state index contributed by atoms with van der Waals surface area (Å²) in [5.41, 5.74) is -1.89. The van der Waals surface area contributed by atoms with E-state index in [9.17, 15) is 13.2 Å². The Labute approximate surface area is 317 Å². The van der Waals surface area contributed by atoms with Crippen molar-refractivity contribution in [2.75, 3.05) is 38.0 Å². The quantitative estimate of drug-likeness (QED) is 0.242. The minimum absolute atomic E-state index is 0.0246. The fourth-order valence-electron chi connectivity index (χ4n) is 7.19. The van der Waals surface area contributed by atoms with E-state index in [2.05, 4.69) is 21.6 Å². The molecule has 2 saturated carbocycles. The average molecular weight is 762 g/mol. The number of amides is 4. The number of nitrogens with zero attached hydrogens (tertiary/aromatic N) is 5. The highest BCUT2D eigenvalue weighted by molar-refractivity contribution is 7.91. The molecule has 1 aliphatic heterocycles. The number of ether oxygens (including phenoxy) is 2. The van der Waals surface area contributed by atoms with Crippen LogP contribution in [-0.4, -0.2) is 103 Å². The lowest BCUT2D eigenvalue weighted by Gasteiger charge is -2.40. The van der Waals surface area contributed by atoms with Crippen molar-refractivity contribution in [2.45, 2.75) is 89.3 Å². The van der Waals surface area contributed by atoms with Crippen molar-refractivity contribution in [2.24, 2.45) is 11.3 Å². The van der Waals surface area contributed by atoms with Crippen molar-refractivity contribution in [1.82, 2.24) is 24.5 Å². The zero-order valence-electron chi connectivity index (χ0n) is 32.3. The highest BCUT2D eigenvalue weighted by Gasteiger charge is 2.68. The molecule has 2 aliphatic carbocycles. The summed E-state index contributed by atoms with van der Waals surface area (Å²) in [6.07, 6.45) is 2.27. The predicted octanol–water partition coefficient (Wildman–Crippen LogP) is 4.88. The van der Waals surface area contributed by atoms with E-state index in [4.69, 9.17) is 14.5 Å². The molecule has 3 aliphatic rings. The molecule has 1 aromatic carbocycles. The Hall–Kier alpha value is -4.92. The first-order valence-electron chi connectivity index (χ1n) is 18.3. The smallest absolute Gasteiger partial charge is 0.328 e. The van der Waals surface area contributed by atoms with Crippen LogP contribution < -0.4 is 24.4 Å². The van der Waals surface area contributed by atoms with Gasteiger partial charge in [-0.25, -0.2) is 23.1 Å². The molecule has 5 atom stereocenters. The third-order valence-electron chi connectivity index (χ3n) is 10.5. The number of urea groups is 1. The van der Waals surface area contributed by atoms with Crippen LogP contribution in [0.2, 0.25) is 0 Å². The van der Waals surface area contributed by atoms with Gasteiger partial charge in [0.1, 0.15) is 35.1 Å². The molecule has 1 unspecified atom stereocenters. The number of benzene rings is 1. The van der Waals surface area contributed by atoms with E-state index in [-0.39, 0.29) is 13.0 Å². The second-order valence-corrected chi connectivity index (χ2v) is 17.9. The molecule has 1 saturated heterocycles. The van der Waals surface area contributed by atoms with Crippen LogP contribution in [0.3, 0.4) is 0 Å². The van der Waals surface area contributed by atoms with Crippen molar-refractivity contribution in [3.05, 3.63) is 60.8 Å². The second kappa shape index (κ2) is 14.4. The SMILES string of the molecule is C=C[C@@H]1C[C@@]1(C(=O)NS(=O)(=O)C1CC1)N(C(=O)[C@H](Nc1cccc(C)n1)C(C)(C)C)C(=O)N1C[C@H](Oc2nc(N(C)C)cc3c(OC)cccc23)CC1C. The summed E-state index contributed by atoms with van der Waals surface area (Å²) < 4.78 is 40.7. The first kappa shape index (κ1) is 38.8. The van der Waals surface area contributed by atoms with Gasteiger partial charge in [0.15, 0.2) is 0 Å². The minimum Gasteiger partial charge on any atom is -0.496 e. The van der Waals surface area contributed by atoms with Crippen LogP contribution >= 0.6 is 0 Å². The van der Waals surface area contributed by atoms with Gasteiger partial charge >= 0.3 is 6.03 Å². The first-order chi connectivity index (χ1) is 25.4. The summed E-state index contributed by atoms with van der Waals surface area (Å²) in [6, 6.07) is 10.7. The van der Waals surface area contributed by atoms with E-state index in [0.29, 0.717) is 42.5 Å². The first-order valence-corrected chi connectivity index (χ1v) is 19.8. The number of nitrogens with one attached hydrogen (secondary N) is 2. The molecule has 2 aromatic heterocycles. The van der Waals surface area contributed by atoms with Gasteiger partial charge in [-0.15, -0.1) is 6.58 Å². The Morgan fingerprint density at radius 3 is 2.39 bits per heavy atom. The standard InChI is InChI=1S/C39H51N7O7S/c1-10-25-21-39(25,36(48)43-54(50,51)27-17-18-27)46(35(47)33(38(4,5)6)41-31-16-11-13-23(2)40-31)37(49)45-22-26(19-24(45)3)53-34-28-14-12-15-30(52-9)29(28)20-32(42-34)44(7)8/h10-16,20,24-27,33H,1,17-19,21-22H2,2-9H3,(H,40,41)(H,43,48)/t24?,25-,26-,33+,39-/m1/s1. The highest BCUT2D eigenvalue weighted by Crippen LogP contribution is 2.52. The molecule has 14 nitrogen and oxygen atoms in total. The molecule has 0 bridgehead atoms. The topological polar surface area (TPSA) is 163 Å². The van der Waals surface area contributed by atoms with Crippen LogP contribution in [0.4, 0.5) is 16.4 Å². The van der Waals surface area contributed by atoms with Crippen LogP contribution in [0.5, 0.6) is 11.6 Å². The van der Waals surface area contributed by atoms with E-state index in [1.807, 2.05) is 83.9 Å². The lowest BCUT2D eigenvalue weighted by Crippen LogP contribution is -2.64. The summed E-state index contributed by atoms with van der Waals surface area (Å²) in [4.78, 5) is 58.1. The number of hydrogen-bond acceptors (Lipinski definition) is 11. The minimum atomic E-state index is -4.02. The molecule has 0 spiro atoms. The van der Waals surface area contributed by atoms with Gasteiger partial charge in [-0.05, 0) is 68.9 Å². The van der Waals surface area contributed by atoms with E-state index < -0.39 is 68.2 Å². The van der Waals surface area contributed by atoms with Gasteiger partial charge in [0.2, 0.25) is 15.9 Å². The van der Waals surface area contributed by atoms with Gasteiger partial charge in [-0.3, -0.25) is 14.3 Å². The number of anilines is 2. The molecule has 0 radical (unpaired) electrons. The molecule has 15 heteroatoms. The number of aromatic nitrogens is 2. The van der Waals surface area contributed by atoms with Crippen molar-refractivity contribution in [1.29, 1.82) is 0 Å². The van der Waals surface area contributed by atoms with Gasteiger partial charge in [0.05, 0.1) is 18.9 Å². The Bertz CT molecular complexity index is 2080. The van der Waals surface area contributed by atoms with Gasteiger partial charge < -0.3 is 24.6 Å². The van der Waals surface area contributed by atoms with E-state index in [0.717, 1.165) is 21.4 Å². The number of carbonyl (C=O) groups excluding carboxylic acids is 3. The summed E-state index contributed by atoms with van der Waals surface area (Å²) in [6.45, 7) is 13.2. The Morgan fingerprint density at radius 2 is 1.80 bits per heavy atom. The number of rotatable bonds is 12. The maximum atomic E-state index is 15.1. The molecule has 290 valence electrons. The number of pyridine rings is 2. The second-order valence-electron chi connectivity index (χ2n) is 15.9. The van der Waals surface area contributed by atoms with Crippen molar-refractivity contribution in [3.8, 4) is 11.6 Å². The van der Waals surface area contributed by atoms with E-state index in [1.54, 1.807) is 19.2 Å². The molecule has 54 heavy (non-hydrogen) atoms. The maximum Gasteiger partial charge on any atom is 0.328 e. The number of carbonyl (C=O) groups is 3. The number of imide groups is 1. The van der Waals surface area contributed by atoms with E-state index in [1.165, 1.54) is 11.0 Å². The predicted molar refractivity (Wildman–Crippen MR) is 207 cm³/mol. The van der Waals surface area contributed by atoms with Crippen LogP contribution in [0, 0.1) is 18.3 Å². The molecule has 3 heterocycles. The molecular formula is C39H51N7O7S. The summed E-state index contributed by atoms with van der Waals surface area (Å²) in [7, 11) is 1.34. The van der Waals surface area contributed by atoms with Crippen LogP contribution in [0.1, 0.15) is 59.1 Å². The number of likely N-dealkylation sites (tertiary alicyclic amines) is 1. The van der Waals surface area contributed by atoms with Crippen molar-refractivity contribution >= 4 is 50.3 Å².